The SMILES string of the molecule is CC1CN(C(=O)Nc2ccc(Cl)cc2)N=C1c1ccccc1.O=C(Nc1ccc(OC(F)F)cc1)N1CC(c2ccccc2)C(c2ccc(Cl)cc2)=N1. The standard InChI is InChI=1S/C23H18ClF2N3O2.C17H16ClN3O/c24-17-8-6-16(7-9-17)21-20(15-4-2-1-3-5-15)14-29(28-21)23(30)27-18-10-12-19(13-11-18)31-22(25)26;1-12-11-21(20-16(12)13-5-3-2-4-6-13)17(22)19-15-9-7-14(18)8-10-15/h1-13,20,22H,14H2,(H,27,30);2-10,12H,11H2,1H3,(H,19,22). The lowest BCUT2D eigenvalue weighted by Gasteiger charge is -2.16. The molecule has 0 aromatic heterocycles. The molecular formula is C40H34Cl2F2N6O3. The van der Waals surface area contributed by atoms with E-state index in [0.29, 0.717) is 34.5 Å². The Bertz CT molecular complexity index is 2070. The summed E-state index contributed by atoms with van der Waals surface area (Å²) in [6, 6.07) is 39.1. The predicted molar refractivity (Wildman–Crippen MR) is 205 cm³/mol. The van der Waals surface area contributed by atoms with Gasteiger partial charge in [0.2, 0.25) is 0 Å². The molecule has 0 radical (unpaired) electrons. The van der Waals surface area contributed by atoms with E-state index in [1.165, 1.54) is 34.3 Å². The van der Waals surface area contributed by atoms with Crippen molar-refractivity contribution in [3.8, 4) is 5.75 Å². The second kappa shape index (κ2) is 17.2. The monoisotopic (exact) mass is 754 g/mol. The van der Waals surface area contributed by atoms with Crippen LogP contribution in [0.5, 0.6) is 5.75 Å². The molecule has 2 atom stereocenters. The van der Waals surface area contributed by atoms with Crippen LogP contribution >= 0.6 is 23.2 Å². The van der Waals surface area contributed by atoms with Crippen LogP contribution in [0.1, 0.15) is 29.5 Å². The van der Waals surface area contributed by atoms with Crippen molar-refractivity contribution in [2.24, 2.45) is 16.1 Å². The van der Waals surface area contributed by atoms with E-state index in [1.54, 1.807) is 36.4 Å². The average molecular weight is 756 g/mol. The zero-order valence-corrected chi connectivity index (χ0v) is 29.9. The van der Waals surface area contributed by atoms with Gasteiger partial charge in [0.25, 0.3) is 0 Å². The van der Waals surface area contributed by atoms with Crippen molar-refractivity contribution < 1.29 is 23.1 Å². The number of amides is 4. The summed E-state index contributed by atoms with van der Waals surface area (Å²) in [7, 11) is 0. The van der Waals surface area contributed by atoms with Gasteiger partial charge in [-0.1, -0.05) is 103 Å². The summed E-state index contributed by atoms with van der Waals surface area (Å²) in [5.74, 6) is 0.120. The number of rotatable bonds is 7. The largest absolute Gasteiger partial charge is 0.435 e. The normalized spacial score (nSPS) is 16.3. The second-order valence-corrected chi connectivity index (χ2v) is 13.0. The maximum Gasteiger partial charge on any atom is 0.387 e. The maximum absolute atomic E-state index is 12.8. The molecular weight excluding hydrogens is 721 g/mol. The molecule has 0 saturated carbocycles. The molecule has 5 aromatic carbocycles. The third-order valence-electron chi connectivity index (χ3n) is 8.36. The van der Waals surface area contributed by atoms with Crippen LogP contribution in [0.2, 0.25) is 10.0 Å². The van der Waals surface area contributed by atoms with Crippen molar-refractivity contribution in [2.45, 2.75) is 19.5 Å². The molecule has 7 rings (SSSR count). The number of alkyl halides is 2. The molecule has 0 saturated heterocycles. The first kappa shape index (κ1) is 37.0. The van der Waals surface area contributed by atoms with Crippen molar-refractivity contribution in [1.82, 2.24) is 10.0 Å². The van der Waals surface area contributed by atoms with Gasteiger partial charge in [0.1, 0.15) is 5.75 Å². The fourth-order valence-electron chi connectivity index (χ4n) is 5.78. The summed E-state index contributed by atoms with van der Waals surface area (Å²) in [5, 5.41) is 18.7. The van der Waals surface area contributed by atoms with E-state index in [0.717, 1.165) is 28.1 Å². The molecule has 270 valence electrons. The number of halogens is 4. The zero-order valence-electron chi connectivity index (χ0n) is 28.4. The molecule has 9 nitrogen and oxygen atoms in total. The highest BCUT2D eigenvalue weighted by molar-refractivity contribution is 6.31. The van der Waals surface area contributed by atoms with Crippen LogP contribution in [-0.4, -0.2) is 53.2 Å². The first-order valence-electron chi connectivity index (χ1n) is 16.6. The van der Waals surface area contributed by atoms with Crippen molar-refractivity contribution in [1.29, 1.82) is 0 Å². The average Bonchev–Trinajstić information content (AvgIpc) is 3.79. The minimum atomic E-state index is -2.90. The number of benzene rings is 5. The molecule has 2 aliphatic heterocycles. The Morgan fingerprint density at radius 2 is 1.13 bits per heavy atom. The first-order chi connectivity index (χ1) is 25.6. The third-order valence-corrected chi connectivity index (χ3v) is 8.87. The van der Waals surface area contributed by atoms with Crippen LogP contribution in [0.25, 0.3) is 0 Å². The van der Waals surface area contributed by atoms with Gasteiger partial charge < -0.3 is 15.4 Å². The number of anilines is 2. The summed E-state index contributed by atoms with van der Waals surface area (Å²) in [6.07, 6.45) is 0. The van der Waals surface area contributed by atoms with Crippen LogP contribution in [0.3, 0.4) is 0 Å². The summed E-state index contributed by atoms with van der Waals surface area (Å²) in [4.78, 5) is 25.1. The Kier molecular flexibility index (Phi) is 12.0. The van der Waals surface area contributed by atoms with Crippen molar-refractivity contribution in [3.63, 3.8) is 0 Å². The molecule has 2 unspecified atom stereocenters. The van der Waals surface area contributed by atoms with Gasteiger partial charge in [0, 0.05) is 33.3 Å². The Labute approximate surface area is 315 Å². The number of nitrogens with zero attached hydrogens (tertiary/aromatic N) is 4. The number of urea groups is 2. The first-order valence-corrected chi connectivity index (χ1v) is 17.4. The van der Waals surface area contributed by atoms with Gasteiger partial charge in [-0.3, -0.25) is 0 Å². The van der Waals surface area contributed by atoms with Crippen LogP contribution in [0.15, 0.2) is 144 Å². The quantitative estimate of drug-likeness (QED) is 0.173. The number of nitrogens with one attached hydrogen (secondary N) is 2. The van der Waals surface area contributed by atoms with Gasteiger partial charge in [0.05, 0.1) is 24.5 Å². The van der Waals surface area contributed by atoms with Crippen LogP contribution < -0.4 is 15.4 Å². The molecule has 13 heteroatoms. The third kappa shape index (κ3) is 9.76. The summed E-state index contributed by atoms with van der Waals surface area (Å²) in [6.45, 7) is 0.103. The van der Waals surface area contributed by atoms with E-state index in [2.05, 4.69) is 32.5 Å². The van der Waals surface area contributed by atoms with Crippen molar-refractivity contribution in [2.75, 3.05) is 23.7 Å². The minimum absolute atomic E-state index is 0.0151. The van der Waals surface area contributed by atoms with E-state index in [-0.39, 0.29) is 23.6 Å². The van der Waals surface area contributed by atoms with Crippen LogP contribution in [0.4, 0.5) is 29.7 Å². The number of hydrogen-bond acceptors (Lipinski definition) is 5. The Morgan fingerprint density at radius 3 is 1.70 bits per heavy atom. The molecule has 0 bridgehead atoms. The van der Waals surface area contributed by atoms with Crippen molar-refractivity contribution >= 4 is 58.1 Å². The smallest absolute Gasteiger partial charge is 0.387 e. The predicted octanol–water partition coefficient (Wildman–Crippen LogP) is 10.2. The van der Waals surface area contributed by atoms with Gasteiger partial charge in [-0.15, -0.1) is 0 Å². The van der Waals surface area contributed by atoms with Gasteiger partial charge >= 0.3 is 18.7 Å². The Hall–Kier alpha value is -5.78. The van der Waals surface area contributed by atoms with E-state index in [9.17, 15) is 18.4 Å². The second-order valence-electron chi connectivity index (χ2n) is 12.1. The Balaban J connectivity index is 0.000000192. The number of carbonyl (C=O) groups is 2. The van der Waals surface area contributed by atoms with E-state index in [4.69, 9.17) is 23.2 Å². The Morgan fingerprint density at radius 1 is 0.660 bits per heavy atom. The van der Waals surface area contributed by atoms with Gasteiger partial charge in [0.15, 0.2) is 0 Å². The lowest BCUT2D eigenvalue weighted by Crippen LogP contribution is -2.30. The fourth-order valence-corrected chi connectivity index (χ4v) is 6.03. The molecule has 53 heavy (non-hydrogen) atoms. The number of ether oxygens (including phenoxy) is 1. The molecule has 0 fully saturated rings. The van der Waals surface area contributed by atoms with E-state index < -0.39 is 12.6 Å². The number of hydrogen-bond donors (Lipinski definition) is 2. The van der Waals surface area contributed by atoms with Crippen LogP contribution in [-0.2, 0) is 0 Å². The summed E-state index contributed by atoms with van der Waals surface area (Å²) < 4.78 is 28.9. The molecule has 2 N–H and O–H groups in total. The van der Waals surface area contributed by atoms with E-state index in [1.807, 2.05) is 72.8 Å². The number of carbonyl (C=O) groups excluding carboxylic acids is 2. The lowest BCUT2D eigenvalue weighted by atomic mass is 9.91. The fraction of sp³-hybridized carbons (Fsp3) is 0.150. The highest BCUT2D eigenvalue weighted by Crippen LogP contribution is 2.30. The van der Waals surface area contributed by atoms with Crippen LogP contribution in [0, 0.1) is 5.92 Å². The molecule has 4 amide bonds. The summed E-state index contributed by atoms with van der Waals surface area (Å²) in [5.41, 5.74) is 5.81. The van der Waals surface area contributed by atoms with Gasteiger partial charge in [-0.2, -0.15) is 19.0 Å². The molecule has 2 heterocycles. The minimum Gasteiger partial charge on any atom is -0.435 e. The molecule has 0 aliphatic carbocycles. The molecule has 5 aromatic rings. The van der Waals surface area contributed by atoms with Crippen molar-refractivity contribution in [3.05, 3.63) is 160 Å². The number of hydrazone groups is 2. The summed E-state index contributed by atoms with van der Waals surface area (Å²) >= 11 is 11.9. The molecule has 2 aliphatic rings. The lowest BCUT2D eigenvalue weighted by molar-refractivity contribution is -0.0498. The van der Waals surface area contributed by atoms with Gasteiger partial charge in [-0.25, -0.2) is 19.6 Å². The van der Waals surface area contributed by atoms with Gasteiger partial charge in [-0.05, 0) is 77.4 Å². The molecule has 0 spiro atoms. The highest BCUT2D eigenvalue weighted by Gasteiger charge is 2.32. The maximum atomic E-state index is 12.8. The van der Waals surface area contributed by atoms with E-state index >= 15 is 0 Å². The zero-order chi connectivity index (χ0) is 37.3. The topological polar surface area (TPSA) is 98.6 Å². The highest BCUT2D eigenvalue weighted by atomic mass is 35.5.